The smallest absolute Gasteiger partial charge is 0.300 e. The van der Waals surface area contributed by atoms with Crippen LogP contribution in [0.5, 0.6) is 17.2 Å². The summed E-state index contributed by atoms with van der Waals surface area (Å²) in [5, 5.41) is 4.75. The molecule has 9 nitrogen and oxygen atoms in total. The van der Waals surface area contributed by atoms with Gasteiger partial charge in [0.15, 0.2) is 29.2 Å². The lowest BCUT2D eigenvalue weighted by atomic mass is 10.0. The molecule has 0 saturated carbocycles. The Hall–Kier alpha value is -4.66. The van der Waals surface area contributed by atoms with E-state index in [2.05, 4.69) is 4.98 Å². The van der Waals surface area contributed by atoms with Crippen LogP contribution in [0.25, 0.3) is 22.6 Å². The number of carbonyl (C=O) groups is 1. The van der Waals surface area contributed by atoms with Gasteiger partial charge in [0.05, 0.1) is 32.6 Å². The monoisotopic (exact) mass is 468 g/mol. The van der Waals surface area contributed by atoms with E-state index in [1.54, 1.807) is 47.0 Å². The summed E-state index contributed by atoms with van der Waals surface area (Å²) >= 11 is 0. The summed E-state index contributed by atoms with van der Waals surface area (Å²) in [5.41, 5.74) is 2.68. The Kier molecular flexibility index (Phi) is 4.60. The van der Waals surface area contributed by atoms with Gasteiger partial charge in [-0.25, -0.2) is 4.68 Å². The molecule has 1 atom stereocenters. The highest BCUT2D eigenvalue weighted by atomic mass is 16.5. The molecule has 1 amide bonds. The van der Waals surface area contributed by atoms with Crippen molar-refractivity contribution < 1.29 is 19.0 Å². The van der Waals surface area contributed by atoms with Gasteiger partial charge in [0, 0.05) is 16.7 Å². The minimum absolute atomic E-state index is 0.178. The molecule has 3 heterocycles. The van der Waals surface area contributed by atoms with E-state index in [-0.39, 0.29) is 11.6 Å². The van der Waals surface area contributed by atoms with Crippen LogP contribution < -0.4 is 24.7 Å². The first kappa shape index (κ1) is 20.9. The zero-order valence-corrected chi connectivity index (χ0v) is 19.2. The molecule has 0 N–H and O–H groups in total. The number of anilines is 1. The van der Waals surface area contributed by atoms with Crippen LogP contribution in [-0.4, -0.2) is 42.0 Å². The normalized spacial score (nSPS) is 15.1. The van der Waals surface area contributed by atoms with Crippen LogP contribution >= 0.6 is 0 Å². The molecule has 174 valence electrons. The molecular weight excluding hydrogens is 448 g/mol. The highest BCUT2D eigenvalue weighted by Crippen LogP contribution is 2.50. The molecule has 3 aromatic carbocycles. The molecule has 35 heavy (non-hydrogen) atoms. The van der Waals surface area contributed by atoms with Crippen LogP contribution in [0.3, 0.4) is 0 Å². The van der Waals surface area contributed by atoms with Gasteiger partial charge in [-0.3, -0.25) is 14.5 Å². The number of hydrogen-bond donors (Lipinski definition) is 0. The number of carbonyl (C=O) groups excluding carboxylic acids is 1. The topological polar surface area (TPSA) is 95.8 Å². The Labute approximate surface area is 200 Å². The van der Waals surface area contributed by atoms with Gasteiger partial charge in [-0.15, -0.1) is 0 Å². The van der Waals surface area contributed by atoms with Crippen LogP contribution in [0.15, 0.2) is 65.5 Å². The van der Waals surface area contributed by atoms with Gasteiger partial charge in [-0.05, 0) is 42.5 Å². The van der Waals surface area contributed by atoms with Crippen molar-refractivity contribution in [3.8, 4) is 39.9 Å². The van der Waals surface area contributed by atoms with Crippen molar-refractivity contribution in [2.24, 2.45) is 0 Å². The van der Waals surface area contributed by atoms with E-state index in [1.165, 1.54) is 14.2 Å². The first-order chi connectivity index (χ1) is 17.1. The van der Waals surface area contributed by atoms with E-state index in [0.29, 0.717) is 51.0 Å². The van der Waals surface area contributed by atoms with E-state index >= 15 is 0 Å². The number of hydrogen-bond acceptors (Lipinski definition) is 7. The van der Waals surface area contributed by atoms with Crippen molar-refractivity contribution in [3.63, 3.8) is 0 Å². The van der Waals surface area contributed by atoms with Gasteiger partial charge in [0.1, 0.15) is 5.75 Å². The Morgan fingerprint density at radius 2 is 1.63 bits per heavy atom. The zero-order valence-electron chi connectivity index (χ0n) is 19.2. The average Bonchev–Trinajstić information content (AvgIpc) is 3.20. The molecule has 0 bridgehead atoms. The summed E-state index contributed by atoms with van der Waals surface area (Å²) in [7, 11) is 4.61. The Balaban J connectivity index is 1.64. The number of ether oxygens (including phenoxy) is 3. The summed E-state index contributed by atoms with van der Waals surface area (Å²) in [6.45, 7) is 0. The predicted molar refractivity (Wildman–Crippen MR) is 128 cm³/mol. The first-order valence-corrected chi connectivity index (χ1v) is 10.9. The molecule has 0 aliphatic carbocycles. The highest BCUT2D eigenvalue weighted by Gasteiger charge is 2.47. The lowest BCUT2D eigenvalue weighted by Gasteiger charge is -2.34. The Morgan fingerprint density at radius 1 is 0.857 bits per heavy atom. The molecule has 2 aliphatic rings. The fourth-order valence-corrected chi connectivity index (χ4v) is 4.79. The van der Waals surface area contributed by atoms with Crippen LogP contribution in [0, 0.1) is 0 Å². The molecule has 0 saturated heterocycles. The van der Waals surface area contributed by atoms with Gasteiger partial charge < -0.3 is 14.2 Å². The minimum Gasteiger partial charge on any atom is -0.497 e. The summed E-state index contributed by atoms with van der Waals surface area (Å²) in [6.07, 6.45) is -0.646. The quantitative estimate of drug-likeness (QED) is 0.452. The summed E-state index contributed by atoms with van der Waals surface area (Å²) < 4.78 is 17.9. The molecule has 1 aromatic heterocycles. The fraction of sp³-hybridized carbons (Fsp3) is 0.154. The highest BCUT2D eigenvalue weighted by molar-refractivity contribution is 6.15. The van der Waals surface area contributed by atoms with Crippen LogP contribution in [0.2, 0.25) is 0 Å². The number of benzene rings is 3. The third-order valence-electron chi connectivity index (χ3n) is 6.37. The number of methoxy groups -OCH3 is 3. The first-order valence-electron chi connectivity index (χ1n) is 10.9. The lowest BCUT2D eigenvalue weighted by Crippen LogP contribution is -2.39. The molecule has 9 heteroatoms. The molecule has 0 fully saturated rings. The number of fused-ring (bicyclic) bond motifs is 8. The van der Waals surface area contributed by atoms with Gasteiger partial charge in [-0.1, -0.05) is 18.2 Å². The van der Waals surface area contributed by atoms with Crippen molar-refractivity contribution in [2.75, 3.05) is 26.2 Å². The van der Waals surface area contributed by atoms with Crippen molar-refractivity contribution in [1.82, 2.24) is 14.8 Å². The number of rotatable bonds is 4. The van der Waals surface area contributed by atoms with E-state index in [4.69, 9.17) is 19.3 Å². The second-order valence-corrected chi connectivity index (χ2v) is 8.09. The number of aromatic nitrogens is 3. The maximum absolute atomic E-state index is 13.8. The molecule has 0 radical (unpaired) electrons. The summed E-state index contributed by atoms with van der Waals surface area (Å²) in [6, 6.07) is 18.0. The van der Waals surface area contributed by atoms with Gasteiger partial charge in [0.2, 0.25) is 0 Å². The lowest BCUT2D eigenvalue weighted by molar-refractivity contribution is 0.0983. The van der Waals surface area contributed by atoms with E-state index in [0.717, 1.165) is 0 Å². The zero-order chi connectivity index (χ0) is 24.3. The minimum atomic E-state index is -0.646. The van der Waals surface area contributed by atoms with Crippen LogP contribution in [0.4, 0.5) is 5.69 Å². The molecule has 0 spiro atoms. The maximum Gasteiger partial charge on any atom is 0.300 e. The van der Waals surface area contributed by atoms with Gasteiger partial charge in [0.25, 0.3) is 11.5 Å². The Morgan fingerprint density at radius 3 is 2.34 bits per heavy atom. The second-order valence-electron chi connectivity index (χ2n) is 8.09. The van der Waals surface area contributed by atoms with Crippen molar-refractivity contribution in [3.05, 3.63) is 82.1 Å². The van der Waals surface area contributed by atoms with Crippen LogP contribution in [0.1, 0.15) is 22.1 Å². The second kappa shape index (κ2) is 7.69. The van der Waals surface area contributed by atoms with E-state index in [9.17, 15) is 9.59 Å². The third-order valence-corrected chi connectivity index (χ3v) is 6.37. The maximum atomic E-state index is 13.8. The summed E-state index contributed by atoms with van der Waals surface area (Å²) in [4.78, 5) is 33.0. The molecule has 0 unspecified atom stereocenters. The van der Waals surface area contributed by atoms with E-state index in [1.807, 2.05) is 30.3 Å². The molecule has 2 aliphatic heterocycles. The van der Waals surface area contributed by atoms with Gasteiger partial charge in [-0.2, -0.15) is 10.1 Å². The largest absolute Gasteiger partial charge is 0.497 e. The van der Waals surface area contributed by atoms with Crippen LogP contribution in [-0.2, 0) is 0 Å². The van der Waals surface area contributed by atoms with Gasteiger partial charge >= 0.3 is 0 Å². The van der Waals surface area contributed by atoms with Crippen molar-refractivity contribution in [1.29, 1.82) is 0 Å². The summed E-state index contributed by atoms with van der Waals surface area (Å²) in [5.74, 6) is 1.62. The number of amides is 1. The van der Waals surface area contributed by atoms with Crippen molar-refractivity contribution in [2.45, 2.75) is 6.17 Å². The fourth-order valence-electron chi connectivity index (χ4n) is 4.79. The number of para-hydroxylation sites is 1. The van der Waals surface area contributed by atoms with Crippen molar-refractivity contribution >= 4 is 11.6 Å². The molecular formula is C26H20N4O5. The Bertz CT molecular complexity index is 1560. The third kappa shape index (κ3) is 2.87. The molecule has 4 aromatic rings. The predicted octanol–water partition coefficient (Wildman–Crippen LogP) is 3.52. The SMILES string of the molecule is COc1ccc(-c2nn3c(nc2=O)-c2ccccc2N2C(=O)c4c(ccc(OC)c4OC)[C@@H]23)cc1. The number of nitrogens with zero attached hydrogens (tertiary/aromatic N) is 4. The average molecular weight is 468 g/mol. The standard InChI is InChI=1S/C26H20N4O5/c1-33-15-10-8-14(9-11-15)21-24(31)27-23-16-6-4-5-7-18(16)29-25(30(23)28-21)17-12-13-19(34-2)22(35-3)20(17)26(29)32/h4-13,25H,1-3H3/t25-/m0/s1. The molecule has 6 rings (SSSR count). The van der Waals surface area contributed by atoms with E-state index < -0.39 is 11.7 Å².